The van der Waals surface area contributed by atoms with Gasteiger partial charge in [-0.15, -0.1) is 0 Å². The number of esters is 1. The number of rotatable bonds is 6. The molecule has 24 heavy (non-hydrogen) atoms. The predicted molar refractivity (Wildman–Crippen MR) is 92.6 cm³/mol. The van der Waals surface area contributed by atoms with Gasteiger partial charge in [0.15, 0.2) is 6.10 Å². The lowest BCUT2D eigenvalue weighted by Gasteiger charge is -2.13. The van der Waals surface area contributed by atoms with Gasteiger partial charge in [0, 0.05) is 16.3 Å². The molecule has 1 amide bonds. The highest BCUT2D eigenvalue weighted by molar-refractivity contribution is 6.30. The lowest BCUT2D eigenvalue weighted by Crippen LogP contribution is -2.26. The van der Waals surface area contributed by atoms with E-state index in [1.165, 1.54) is 0 Å². The minimum Gasteiger partial charge on any atom is -0.479 e. The maximum absolute atomic E-state index is 12.2. The van der Waals surface area contributed by atoms with E-state index >= 15 is 0 Å². The average molecular weight is 348 g/mol. The Morgan fingerprint density at radius 2 is 1.71 bits per heavy atom. The molecule has 0 unspecified atom stereocenters. The lowest BCUT2D eigenvalue weighted by molar-refractivity contribution is -0.150. The first-order valence-corrected chi connectivity index (χ1v) is 7.87. The number of benzene rings is 2. The first kappa shape index (κ1) is 17.8. The first-order valence-electron chi connectivity index (χ1n) is 7.50. The third kappa shape index (κ3) is 4.99. The van der Waals surface area contributed by atoms with Gasteiger partial charge in [0.25, 0.3) is 5.91 Å². The van der Waals surface area contributed by atoms with Crippen molar-refractivity contribution >= 4 is 29.2 Å². The van der Waals surface area contributed by atoms with Gasteiger partial charge in [-0.3, -0.25) is 4.79 Å². The van der Waals surface area contributed by atoms with E-state index in [9.17, 15) is 9.59 Å². The van der Waals surface area contributed by atoms with Crippen LogP contribution in [0.15, 0.2) is 48.5 Å². The smallest absolute Gasteiger partial charge is 0.347 e. The van der Waals surface area contributed by atoms with Crippen molar-refractivity contribution in [3.63, 3.8) is 0 Å². The van der Waals surface area contributed by atoms with E-state index in [1.807, 2.05) is 0 Å². The van der Waals surface area contributed by atoms with Crippen molar-refractivity contribution in [3.05, 3.63) is 59.1 Å². The van der Waals surface area contributed by atoms with E-state index < -0.39 is 12.1 Å². The highest BCUT2D eigenvalue weighted by atomic mass is 35.5. The number of amides is 1. The molecule has 126 valence electrons. The molecule has 0 saturated heterocycles. The molecule has 0 spiro atoms. The molecule has 1 atom stereocenters. The van der Waals surface area contributed by atoms with Gasteiger partial charge < -0.3 is 14.8 Å². The Kier molecular flexibility index (Phi) is 6.21. The maximum Gasteiger partial charge on any atom is 0.347 e. The van der Waals surface area contributed by atoms with Crippen LogP contribution in [0, 0.1) is 0 Å². The zero-order valence-corrected chi connectivity index (χ0v) is 14.2. The molecule has 0 heterocycles. The topological polar surface area (TPSA) is 64.6 Å². The van der Waals surface area contributed by atoms with E-state index in [-0.39, 0.29) is 5.91 Å². The van der Waals surface area contributed by atoms with Gasteiger partial charge in [-0.05, 0) is 62.4 Å². The van der Waals surface area contributed by atoms with E-state index in [4.69, 9.17) is 21.1 Å². The molecule has 0 aliphatic heterocycles. The van der Waals surface area contributed by atoms with Crippen LogP contribution in [-0.4, -0.2) is 24.6 Å². The summed E-state index contributed by atoms with van der Waals surface area (Å²) in [6, 6.07) is 13.4. The zero-order chi connectivity index (χ0) is 17.5. The molecule has 0 fully saturated rings. The van der Waals surface area contributed by atoms with Crippen molar-refractivity contribution in [2.45, 2.75) is 20.0 Å². The van der Waals surface area contributed by atoms with Crippen molar-refractivity contribution in [2.24, 2.45) is 0 Å². The van der Waals surface area contributed by atoms with Crippen LogP contribution in [-0.2, 0) is 9.53 Å². The minimum absolute atomic E-state index is 0.248. The van der Waals surface area contributed by atoms with Crippen molar-refractivity contribution < 1.29 is 19.1 Å². The highest BCUT2D eigenvalue weighted by Crippen LogP contribution is 2.17. The molecule has 0 bridgehead atoms. The molecule has 0 aromatic heterocycles. The molecule has 5 nitrogen and oxygen atoms in total. The number of hydrogen-bond acceptors (Lipinski definition) is 4. The summed E-state index contributed by atoms with van der Waals surface area (Å²) < 4.78 is 10.3. The van der Waals surface area contributed by atoms with Crippen molar-refractivity contribution in [1.82, 2.24) is 0 Å². The highest BCUT2D eigenvalue weighted by Gasteiger charge is 2.15. The Labute approximate surface area is 145 Å². The van der Waals surface area contributed by atoms with Crippen LogP contribution in [0.5, 0.6) is 5.75 Å². The molecule has 2 aromatic carbocycles. The summed E-state index contributed by atoms with van der Waals surface area (Å²) in [6.45, 7) is 3.65. The fourth-order valence-corrected chi connectivity index (χ4v) is 2.06. The van der Waals surface area contributed by atoms with Crippen LogP contribution in [0.2, 0.25) is 5.02 Å². The van der Waals surface area contributed by atoms with Crippen LogP contribution in [0.3, 0.4) is 0 Å². The van der Waals surface area contributed by atoms with Crippen molar-refractivity contribution in [2.75, 3.05) is 11.9 Å². The second-order valence-corrected chi connectivity index (χ2v) is 5.43. The number of carbonyl (C=O) groups is 2. The minimum atomic E-state index is -0.710. The summed E-state index contributed by atoms with van der Waals surface area (Å²) in [7, 11) is 0. The fourth-order valence-electron chi connectivity index (χ4n) is 1.93. The van der Waals surface area contributed by atoms with Gasteiger partial charge in [-0.1, -0.05) is 11.6 Å². The number of carbonyl (C=O) groups excluding carboxylic acids is 2. The number of anilines is 1. The first-order chi connectivity index (χ1) is 11.5. The van der Waals surface area contributed by atoms with Gasteiger partial charge in [0.1, 0.15) is 5.75 Å². The normalized spacial score (nSPS) is 11.5. The Bertz CT molecular complexity index is 698. The van der Waals surface area contributed by atoms with Crippen molar-refractivity contribution in [1.29, 1.82) is 0 Å². The van der Waals surface area contributed by atoms with E-state index in [2.05, 4.69) is 5.32 Å². The fraction of sp³-hybridized carbons (Fsp3) is 0.222. The molecule has 2 rings (SSSR count). The predicted octanol–water partition coefficient (Wildman–Crippen LogP) is 3.92. The molecular weight excluding hydrogens is 330 g/mol. The molecule has 2 aromatic rings. The molecule has 6 heteroatoms. The second kappa shape index (κ2) is 8.36. The lowest BCUT2D eigenvalue weighted by atomic mass is 10.2. The largest absolute Gasteiger partial charge is 0.479 e. The summed E-state index contributed by atoms with van der Waals surface area (Å²) >= 11 is 5.81. The van der Waals surface area contributed by atoms with Crippen LogP contribution in [0.25, 0.3) is 0 Å². The van der Waals surface area contributed by atoms with E-state index in [1.54, 1.807) is 62.4 Å². The third-order valence-corrected chi connectivity index (χ3v) is 3.40. The van der Waals surface area contributed by atoms with Crippen LogP contribution in [0.1, 0.15) is 24.2 Å². The number of nitrogens with one attached hydrogen (secondary N) is 1. The van der Waals surface area contributed by atoms with E-state index in [0.717, 1.165) is 0 Å². The molecule has 0 saturated carbocycles. The maximum atomic E-state index is 12.2. The Morgan fingerprint density at radius 1 is 1.08 bits per heavy atom. The number of hydrogen-bond donors (Lipinski definition) is 1. The Morgan fingerprint density at radius 3 is 2.29 bits per heavy atom. The van der Waals surface area contributed by atoms with Gasteiger partial charge in [0.05, 0.1) is 6.61 Å². The summed E-state index contributed by atoms with van der Waals surface area (Å²) in [5.41, 5.74) is 1.13. The Hall–Kier alpha value is -2.53. The van der Waals surface area contributed by atoms with Gasteiger partial charge in [-0.25, -0.2) is 4.79 Å². The summed E-state index contributed by atoms with van der Waals surface area (Å²) in [6.07, 6.45) is -0.710. The molecule has 1 N–H and O–H groups in total. The van der Waals surface area contributed by atoms with Gasteiger partial charge >= 0.3 is 5.97 Å². The summed E-state index contributed by atoms with van der Waals surface area (Å²) in [5, 5.41) is 3.37. The van der Waals surface area contributed by atoms with Crippen molar-refractivity contribution in [3.8, 4) is 5.75 Å². The molecular formula is C18H18ClNO4. The van der Waals surface area contributed by atoms with Crippen LogP contribution >= 0.6 is 11.6 Å². The number of ether oxygens (including phenoxy) is 2. The van der Waals surface area contributed by atoms with E-state index in [0.29, 0.717) is 28.6 Å². The third-order valence-electron chi connectivity index (χ3n) is 3.15. The molecule has 0 radical (unpaired) electrons. The molecule has 0 aliphatic rings. The van der Waals surface area contributed by atoms with Gasteiger partial charge in [-0.2, -0.15) is 0 Å². The SMILES string of the molecule is CCOC(=O)[C@H](C)Oc1ccc(C(=O)Nc2ccc(Cl)cc2)cc1. The summed E-state index contributed by atoms with van der Waals surface area (Å²) in [4.78, 5) is 23.7. The zero-order valence-electron chi connectivity index (χ0n) is 13.4. The standard InChI is InChI=1S/C18H18ClNO4/c1-3-23-18(22)12(2)24-16-10-4-13(5-11-16)17(21)20-15-8-6-14(19)7-9-15/h4-12H,3H2,1-2H3,(H,20,21)/t12-/m0/s1. The molecule has 0 aliphatic carbocycles. The Balaban J connectivity index is 1.97. The quantitative estimate of drug-likeness (QED) is 0.804. The second-order valence-electron chi connectivity index (χ2n) is 5.00. The average Bonchev–Trinajstić information content (AvgIpc) is 2.57. The van der Waals surface area contributed by atoms with Crippen LogP contribution < -0.4 is 10.1 Å². The van der Waals surface area contributed by atoms with Gasteiger partial charge in [0.2, 0.25) is 0 Å². The monoisotopic (exact) mass is 347 g/mol. The van der Waals surface area contributed by atoms with Crippen LogP contribution in [0.4, 0.5) is 5.69 Å². The summed E-state index contributed by atoms with van der Waals surface area (Å²) in [5.74, 6) is -0.192. The number of halogens is 1.